The molecule has 0 aliphatic carbocycles. The highest BCUT2D eigenvalue weighted by molar-refractivity contribution is 7.99. The number of para-hydroxylation sites is 1. The number of aromatic nitrogens is 2. The van der Waals surface area contributed by atoms with Gasteiger partial charge in [0.2, 0.25) is 11.8 Å². The minimum Gasteiger partial charge on any atom is -0.469 e. The average Bonchev–Trinajstić information content (AvgIpc) is 3.36. The molecule has 9 heteroatoms. The number of aryl methyl sites for hydroxylation is 2. The number of rotatable bonds is 9. The Labute approximate surface area is 179 Å². The second-order valence-electron chi connectivity index (χ2n) is 6.73. The van der Waals surface area contributed by atoms with E-state index in [0.717, 1.165) is 35.0 Å². The van der Waals surface area contributed by atoms with Gasteiger partial charge in [-0.15, -0.1) is 10.2 Å². The molecule has 0 unspecified atom stereocenters. The fourth-order valence-corrected chi connectivity index (χ4v) is 3.50. The van der Waals surface area contributed by atoms with Crippen LogP contribution in [0.3, 0.4) is 0 Å². The molecule has 1 N–H and O–H groups in total. The maximum Gasteiger partial charge on any atom is 0.277 e. The third kappa shape index (κ3) is 5.50. The molecule has 0 fully saturated rings. The van der Waals surface area contributed by atoms with Crippen LogP contribution in [0.5, 0.6) is 0 Å². The van der Waals surface area contributed by atoms with Gasteiger partial charge in [-0.2, -0.15) is 0 Å². The predicted molar refractivity (Wildman–Crippen MR) is 114 cm³/mol. The highest BCUT2D eigenvalue weighted by Crippen LogP contribution is 2.26. The largest absolute Gasteiger partial charge is 0.469 e. The molecule has 30 heavy (non-hydrogen) atoms. The fraction of sp³-hybridized carbons (Fsp3) is 0.333. The van der Waals surface area contributed by atoms with E-state index < -0.39 is 0 Å². The topological polar surface area (TPSA) is 101 Å². The summed E-state index contributed by atoms with van der Waals surface area (Å²) in [6.45, 7) is 6.17. The standard InChI is InChI=1S/C21H24N4O4S/c1-4-10-25(12-18(26)22-17-8-6-5-7-14(17)2)19(27)13-30-21-24-23-20(29-21)16-9-11-28-15(16)3/h5-9,11H,4,10,12-13H2,1-3H3,(H,22,26). The van der Waals surface area contributed by atoms with Crippen LogP contribution in [0.2, 0.25) is 0 Å². The van der Waals surface area contributed by atoms with Crippen molar-refractivity contribution in [3.8, 4) is 11.5 Å². The molecule has 3 aromatic rings. The second kappa shape index (κ2) is 10.1. The van der Waals surface area contributed by atoms with Gasteiger partial charge >= 0.3 is 0 Å². The normalized spacial score (nSPS) is 10.8. The molecular weight excluding hydrogens is 404 g/mol. The summed E-state index contributed by atoms with van der Waals surface area (Å²) in [6, 6.07) is 9.27. The van der Waals surface area contributed by atoms with Gasteiger partial charge in [0.1, 0.15) is 5.76 Å². The second-order valence-corrected chi connectivity index (χ2v) is 7.66. The number of nitrogens with one attached hydrogen (secondary N) is 1. The van der Waals surface area contributed by atoms with Gasteiger partial charge < -0.3 is 19.1 Å². The zero-order valence-corrected chi connectivity index (χ0v) is 18.0. The van der Waals surface area contributed by atoms with Gasteiger partial charge in [-0.3, -0.25) is 9.59 Å². The van der Waals surface area contributed by atoms with E-state index in [4.69, 9.17) is 8.83 Å². The Hall–Kier alpha value is -3.07. The van der Waals surface area contributed by atoms with E-state index in [2.05, 4.69) is 15.5 Å². The molecule has 2 heterocycles. The first-order chi connectivity index (χ1) is 14.5. The van der Waals surface area contributed by atoms with Crippen LogP contribution in [-0.2, 0) is 9.59 Å². The molecule has 0 saturated carbocycles. The van der Waals surface area contributed by atoms with E-state index in [1.165, 1.54) is 4.90 Å². The quantitative estimate of drug-likeness (QED) is 0.516. The van der Waals surface area contributed by atoms with Crippen molar-refractivity contribution in [2.45, 2.75) is 32.4 Å². The highest BCUT2D eigenvalue weighted by Gasteiger charge is 2.19. The van der Waals surface area contributed by atoms with Gasteiger partial charge in [-0.05, 0) is 38.0 Å². The van der Waals surface area contributed by atoms with Gasteiger partial charge in [-0.1, -0.05) is 36.9 Å². The number of thioether (sulfide) groups is 1. The van der Waals surface area contributed by atoms with E-state index in [9.17, 15) is 9.59 Å². The summed E-state index contributed by atoms with van der Waals surface area (Å²) in [6.07, 6.45) is 2.30. The van der Waals surface area contributed by atoms with Crippen LogP contribution in [0.15, 0.2) is 50.7 Å². The number of amides is 2. The molecule has 2 amide bonds. The molecular formula is C21H24N4O4S. The molecule has 2 aromatic heterocycles. The first kappa shape index (κ1) is 21.6. The smallest absolute Gasteiger partial charge is 0.277 e. The van der Waals surface area contributed by atoms with Crippen molar-refractivity contribution < 1.29 is 18.4 Å². The van der Waals surface area contributed by atoms with E-state index in [-0.39, 0.29) is 24.1 Å². The SMILES string of the molecule is CCCN(CC(=O)Nc1ccccc1C)C(=O)CSc1nnc(-c2ccoc2C)o1. The lowest BCUT2D eigenvalue weighted by Crippen LogP contribution is -2.39. The summed E-state index contributed by atoms with van der Waals surface area (Å²) in [5.41, 5.74) is 2.43. The number of hydrogen-bond acceptors (Lipinski definition) is 7. The summed E-state index contributed by atoms with van der Waals surface area (Å²) in [5, 5.41) is 11.1. The molecule has 1 aromatic carbocycles. The van der Waals surface area contributed by atoms with Gasteiger partial charge in [0.15, 0.2) is 0 Å². The molecule has 3 rings (SSSR count). The number of carbonyl (C=O) groups excluding carboxylic acids is 2. The van der Waals surface area contributed by atoms with Crippen LogP contribution in [0.1, 0.15) is 24.7 Å². The van der Waals surface area contributed by atoms with Crippen molar-refractivity contribution in [2.24, 2.45) is 0 Å². The summed E-state index contributed by atoms with van der Waals surface area (Å²) >= 11 is 1.15. The van der Waals surface area contributed by atoms with Crippen molar-refractivity contribution >= 4 is 29.3 Å². The van der Waals surface area contributed by atoms with Crippen molar-refractivity contribution in [1.29, 1.82) is 0 Å². The van der Waals surface area contributed by atoms with Gasteiger partial charge in [0.25, 0.3) is 11.1 Å². The number of hydrogen-bond donors (Lipinski definition) is 1. The molecule has 0 atom stereocenters. The maximum absolute atomic E-state index is 12.7. The number of benzene rings is 1. The average molecular weight is 429 g/mol. The Balaban J connectivity index is 1.56. The van der Waals surface area contributed by atoms with Crippen LogP contribution >= 0.6 is 11.8 Å². The van der Waals surface area contributed by atoms with Crippen LogP contribution in [-0.4, -0.2) is 45.8 Å². The van der Waals surface area contributed by atoms with E-state index in [0.29, 0.717) is 23.4 Å². The molecule has 0 spiro atoms. The Morgan fingerprint density at radius 1 is 1.17 bits per heavy atom. The lowest BCUT2D eigenvalue weighted by molar-refractivity contribution is -0.132. The first-order valence-corrected chi connectivity index (χ1v) is 10.6. The van der Waals surface area contributed by atoms with Crippen molar-refractivity contribution in [2.75, 3.05) is 24.2 Å². The van der Waals surface area contributed by atoms with Crippen molar-refractivity contribution in [1.82, 2.24) is 15.1 Å². The Kier molecular flexibility index (Phi) is 7.29. The van der Waals surface area contributed by atoms with Gasteiger partial charge in [0, 0.05) is 12.2 Å². The lowest BCUT2D eigenvalue weighted by Gasteiger charge is -2.21. The third-order valence-corrected chi connectivity index (χ3v) is 5.22. The van der Waals surface area contributed by atoms with Gasteiger partial charge in [0.05, 0.1) is 24.1 Å². The fourth-order valence-electron chi connectivity index (χ4n) is 2.84. The Morgan fingerprint density at radius 2 is 1.97 bits per heavy atom. The number of anilines is 1. The first-order valence-electron chi connectivity index (χ1n) is 9.62. The number of nitrogens with zero attached hydrogens (tertiary/aromatic N) is 3. The summed E-state index contributed by atoms with van der Waals surface area (Å²) in [5.74, 6) is 0.732. The number of furan rings is 1. The minimum atomic E-state index is -0.230. The molecule has 8 nitrogen and oxygen atoms in total. The highest BCUT2D eigenvalue weighted by atomic mass is 32.2. The summed E-state index contributed by atoms with van der Waals surface area (Å²) in [7, 11) is 0. The van der Waals surface area contributed by atoms with Crippen LogP contribution in [0, 0.1) is 13.8 Å². The van der Waals surface area contributed by atoms with E-state index in [1.807, 2.05) is 38.1 Å². The lowest BCUT2D eigenvalue weighted by atomic mass is 10.2. The summed E-state index contributed by atoms with van der Waals surface area (Å²) < 4.78 is 10.8. The van der Waals surface area contributed by atoms with E-state index >= 15 is 0 Å². The molecule has 0 aliphatic heterocycles. The molecule has 158 valence electrons. The molecule has 0 bridgehead atoms. The zero-order valence-electron chi connectivity index (χ0n) is 17.2. The van der Waals surface area contributed by atoms with E-state index in [1.54, 1.807) is 19.3 Å². The monoisotopic (exact) mass is 428 g/mol. The molecule has 0 aliphatic rings. The molecule has 0 radical (unpaired) electrons. The Bertz CT molecular complexity index is 1010. The zero-order chi connectivity index (χ0) is 21.5. The van der Waals surface area contributed by atoms with Crippen LogP contribution in [0.25, 0.3) is 11.5 Å². The maximum atomic E-state index is 12.7. The predicted octanol–water partition coefficient (Wildman–Crippen LogP) is 3.92. The van der Waals surface area contributed by atoms with Gasteiger partial charge in [-0.25, -0.2) is 0 Å². The third-order valence-electron chi connectivity index (χ3n) is 4.41. The molecule has 0 saturated heterocycles. The van der Waals surface area contributed by atoms with Crippen molar-refractivity contribution in [3.63, 3.8) is 0 Å². The summed E-state index contributed by atoms with van der Waals surface area (Å²) in [4.78, 5) is 26.6. The van der Waals surface area contributed by atoms with Crippen LogP contribution < -0.4 is 5.32 Å². The minimum absolute atomic E-state index is 0.00906. The van der Waals surface area contributed by atoms with Crippen LogP contribution in [0.4, 0.5) is 5.69 Å². The Morgan fingerprint density at radius 3 is 2.67 bits per heavy atom. The van der Waals surface area contributed by atoms with Crippen molar-refractivity contribution in [3.05, 3.63) is 47.9 Å². The number of carbonyl (C=O) groups is 2.